The van der Waals surface area contributed by atoms with E-state index >= 15 is 0 Å². The van der Waals surface area contributed by atoms with Crippen LogP contribution in [0.3, 0.4) is 0 Å². The standard InChI is InChI=1S/C16H19ClFNS/c1-4-19-15(16-7-10(2)11(3)20-16)9-12-5-6-13(17)14(18)8-12/h5-8,15,19H,4,9H2,1-3H3. The SMILES string of the molecule is CCNC(Cc1ccc(Cl)c(F)c1)c1cc(C)c(C)s1. The zero-order valence-electron chi connectivity index (χ0n) is 12.0. The lowest BCUT2D eigenvalue weighted by Crippen LogP contribution is -2.22. The Kier molecular flexibility index (Phi) is 5.19. The summed E-state index contributed by atoms with van der Waals surface area (Å²) in [6.45, 7) is 7.23. The fraction of sp³-hybridized carbons (Fsp3) is 0.375. The van der Waals surface area contributed by atoms with Gasteiger partial charge in [0.15, 0.2) is 0 Å². The number of nitrogens with one attached hydrogen (secondary N) is 1. The Hall–Kier alpha value is -0.900. The Balaban J connectivity index is 2.22. The van der Waals surface area contributed by atoms with Crippen LogP contribution in [0.25, 0.3) is 0 Å². The first kappa shape index (κ1) is 15.5. The average Bonchev–Trinajstić information content (AvgIpc) is 2.73. The molecule has 0 radical (unpaired) electrons. The molecule has 0 fully saturated rings. The van der Waals surface area contributed by atoms with E-state index in [9.17, 15) is 4.39 Å². The van der Waals surface area contributed by atoms with Crippen molar-refractivity contribution in [2.24, 2.45) is 0 Å². The molecule has 1 heterocycles. The zero-order chi connectivity index (χ0) is 14.7. The molecule has 0 saturated carbocycles. The van der Waals surface area contributed by atoms with Gasteiger partial charge >= 0.3 is 0 Å². The monoisotopic (exact) mass is 311 g/mol. The number of rotatable bonds is 5. The molecule has 0 aliphatic carbocycles. The van der Waals surface area contributed by atoms with Crippen LogP contribution in [0.15, 0.2) is 24.3 Å². The highest BCUT2D eigenvalue weighted by molar-refractivity contribution is 7.12. The molecule has 0 amide bonds. The van der Waals surface area contributed by atoms with Gasteiger partial charge in [-0.1, -0.05) is 24.6 Å². The van der Waals surface area contributed by atoms with Crippen molar-refractivity contribution in [2.75, 3.05) is 6.54 Å². The third-order valence-corrected chi connectivity index (χ3v) is 4.98. The molecule has 0 bridgehead atoms. The maximum Gasteiger partial charge on any atom is 0.142 e. The van der Waals surface area contributed by atoms with E-state index in [-0.39, 0.29) is 16.9 Å². The molecule has 0 aliphatic rings. The minimum absolute atomic E-state index is 0.177. The van der Waals surface area contributed by atoms with Crippen LogP contribution in [0.2, 0.25) is 5.02 Å². The molecule has 1 atom stereocenters. The Morgan fingerprint density at radius 1 is 1.30 bits per heavy atom. The first-order chi connectivity index (χ1) is 9.51. The summed E-state index contributed by atoms with van der Waals surface area (Å²) in [5, 5.41) is 3.65. The second kappa shape index (κ2) is 6.70. The van der Waals surface area contributed by atoms with E-state index in [2.05, 4.69) is 32.2 Å². The van der Waals surface area contributed by atoms with E-state index in [1.807, 2.05) is 6.07 Å². The molecule has 0 saturated heterocycles. The molecule has 108 valence electrons. The summed E-state index contributed by atoms with van der Waals surface area (Å²) in [5.74, 6) is -0.349. The largest absolute Gasteiger partial charge is 0.309 e. The predicted octanol–water partition coefficient (Wildman–Crippen LogP) is 5.05. The minimum atomic E-state index is -0.349. The van der Waals surface area contributed by atoms with Gasteiger partial charge in [-0.3, -0.25) is 0 Å². The summed E-state index contributed by atoms with van der Waals surface area (Å²) in [6.07, 6.45) is 0.765. The highest BCUT2D eigenvalue weighted by Gasteiger charge is 2.15. The van der Waals surface area contributed by atoms with Gasteiger partial charge in [-0.15, -0.1) is 11.3 Å². The third-order valence-electron chi connectivity index (χ3n) is 3.40. The third kappa shape index (κ3) is 3.60. The van der Waals surface area contributed by atoms with Crippen LogP contribution in [0.4, 0.5) is 4.39 Å². The number of halogens is 2. The van der Waals surface area contributed by atoms with Crippen molar-refractivity contribution in [3.8, 4) is 0 Å². The minimum Gasteiger partial charge on any atom is -0.309 e. The normalized spacial score (nSPS) is 12.7. The molecule has 20 heavy (non-hydrogen) atoms. The lowest BCUT2D eigenvalue weighted by molar-refractivity contribution is 0.554. The molecule has 2 rings (SSSR count). The number of hydrogen-bond donors (Lipinski definition) is 1. The molecular weight excluding hydrogens is 293 g/mol. The first-order valence-electron chi connectivity index (χ1n) is 6.75. The highest BCUT2D eigenvalue weighted by Crippen LogP contribution is 2.29. The van der Waals surface area contributed by atoms with E-state index in [1.165, 1.54) is 21.4 Å². The molecule has 2 aromatic rings. The highest BCUT2D eigenvalue weighted by atomic mass is 35.5. The van der Waals surface area contributed by atoms with E-state index in [4.69, 9.17) is 11.6 Å². The van der Waals surface area contributed by atoms with Crippen molar-refractivity contribution in [1.82, 2.24) is 5.32 Å². The van der Waals surface area contributed by atoms with Gasteiger partial charge in [-0.25, -0.2) is 4.39 Å². The lowest BCUT2D eigenvalue weighted by Gasteiger charge is -2.16. The van der Waals surface area contributed by atoms with Crippen molar-refractivity contribution in [2.45, 2.75) is 33.2 Å². The molecule has 1 N–H and O–H groups in total. The van der Waals surface area contributed by atoms with E-state index in [0.29, 0.717) is 0 Å². The first-order valence-corrected chi connectivity index (χ1v) is 7.95. The summed E-state index contributed by atoms with van der Waals surface area (Å²) in [4.78, 5) is 2.64. The van der Waals surface area contributed by atoms with Crippen LogP contribution >= 0.6 is 22.9 Å². The maximum atomic E-state index is 13.5. The van der Waals surface area contributed by atoms with Crippen molar-refractivity contribution < 1.29 is 4.39 Å². The fourth-order valence-electron chi connectivity index (χ4n) is 2.20. The van der Waals surface area contributed by atoms with Crippen molar-refractivity contribution in [3.05, 3.63) is 56.0 Å². The summed E-state index contributed by atoms with van der Waals surface area (Å²) in [7, 11) is 0. The molecule has 1 aromatic heterocycles. The quantitative estimate of drug-likeness (QED) is 0.814. The van der Waals surface area contributed by atoms with E-state index < -0.39 is 0 Å². The number of hydrogen-bond acceptors (Lipinski definition) is 2. The van der Waals surface area contributed by atoms with E-state index in [0.717, 1.165) is 18.5 Å². The van der Waals surface area contributed by atoms with Crippen molar-refractivity contribution >= 4 is 22.9 Å². The van der Waals surface area contributed by atoms with Gasteiger partial charge in [0.05, 0.1) is 5.02 Å². The van der Waals surface area contributed by atoms with Crippen LogP contribution in [0, 0.1) is 19.7 Å². The van der Waals surface area contributed by atoms with Gasteiger partial charge in [0, 0.05) is 15.8 Å². The number of aryl methyl sites for hydroxylation is 2. The molecule has 0 aliphatic heterocycles. The average molecular weight is 312 g/mol. The Morgan fingerprint density at radius 3 is 2.60 bits per heavy atom. The Bertz CT molecular complexity index is 575. The van der Waals surface area contributed by atoms with Crippen LogP contribution in [-0.4, -0.2) is 6.54 Å². The molecule has 1 aromatic carbocycles. The summed E-state index contributed by atoms with van der Waals surface area (Å²) in [6, 6.07) is 7.49. The summed E-state index contributed by atoms with van der Waals surface area (Å²) >= 11 is 7.54. The number of thiophene rings is 1. The van der Waals surface area contributed by atoms with Crippen LogP contribution in [0.1, 0.15) is 33.8 Å². The molecule has 4 heteroatoms. The van der Waals surface area contributed by atoms with Crippen LogP contribution in [0.5, 0.6) is 0 Å². The Morgan fingerprint density at radius 2 is 2.05 bits per heavy atom. The lowest BCUT2D eigenvalue weighted by atomic mass is 10.0. The van der Waals surface area contributed by atoms with Crippen molar-refractivity contribution in [1.29, 1.82) is 0 Å². The maximum absolute atomic E-state index is 13.5. The molecule has 1 unspecified atom stereocenters. The Labute approximate surface area is 128 Å². The molecule has 1 nitrogen and oxygen atoms in total. The smallest absolute Gasteiger partial charge is 0.142 e. The number of likely N-dealkylation sites (N-methyl/N-ethyl adjacent to an activating group) is 1. The topological polar surface area (TPSA) is 12.0 Å². The molecular formula is C16H19ClFNS. The fourth-order valence-corrected chi connectivity index (χ4v) is 3.43. The van der Waals surface area contributed by atoms with Gasteiger partial charge < -0.3 is 5.32 Å². The summed E-state index contributed by atoms with van der Waals surface area (Å²) < 4.78 is 13.5. The second-order valence-electron chi connectivity index (χ2n) is 4.95. The molecule has 0 spiro atoms. The van der Waals surface area contributed by atoms with Gasteiger partial charge in [0.25, 0.3) is 0 Å². The predicted molar refractivity (Wildman–Crippen MR) is 85.3 cm³/mol. The zero-order valence-corrected chi connectivity index (χ0v) is 13.5. The van der Waals surface area contributed by atoms with Gasteiger partial charge in [-0.05, 0) is 56.1 Å². The van der Waals surface area contributed by atoms with E-state index in [1.54, 1.807) is 17.4 Å². The van der Waals surface area contributed by atoms with Gasteiger partial charge in [-0.2, -0.15) is 0 Å². The number of benzene rings is 1. The van der Waals surface area contributed by atoms with Crippen LogP contribution < -0.4 is 5.32 Å². The summed E-state index contributed by atoms with van der Waals surface area (Å²) in [5.41, 5.74) is 2.27. The van der Waals surface area contributed by atoms with Gasteiger partial charge in [0.2, 0.25) is 0 Å². The second-order valence-corrected chi connectivity index (χ2v) is 6.65. The van der Waals surface area contributed by atoms with Crippen LogP contribution in [-0.2, 0) is 6.42 Å². The van der Waals surface area contributed by atoms with Crippen molar-refractivity contribution in [3.63, 3.8) is 0 Å². The van der Waals surface area contributed by atoms with Gasteiger partial charge in [0.1, 0.15) is 5.82 Å².